The van der Waals surface area contributed by atoms with Gasteiger partial charge in [0.1, 0.15) is 0 Å². The molecule has 3 nitrogen and oxygen atoms in total. The van der Waals surface area contributed by atoms with Crippen molar-refractivity contribution in [2.45, 2.75) is 19.3 Å². The lowest BCUT2D eigenvalue weighted by Crippen LogP contribution is -2.10. The van der Waals surface area contributed by atoms with E-state index in [1.165, 1.54) is 33.4 Å². The molecular weight excluding hydrogens is 571 g/mol. The third-order valence-electron chi connectivity index (χ3n) is 9.13. The standard InChI is InChI=1S/C44H33N3/c1-30-24-34-12-5-6-13-36(34)27-41(30)37-15-8-17-39(26-37)44-46-42(33-21-19-32(20-22-33)31-10-3-2-4-11-31)28-43(47-44)38-16-7-14-35(25-38)40-18-9-23-45-29-40/h2-26,28-29,41H,27H2,1H3. The summed E-state index contributed by atoms with van der Waals surface area (Å²) >= 11 is 0. The Morgan fingerprint density at radius 2 is 1.17 bits per heavy atom. The summed E-state index contributed by atoms with van der Waals surface area (Å²) in [5.74, 6) is 1.03. The summed E-state index contributed by atoms with van der Waals surface area (Å²) in [6.45, 7) is 2.25. The van der Waals surface area contributed by atoms with E-state index in [0.717, 1.165) is 51.5 Å². The minimum absolute atomic E-state index is 0.314. The van der Waals surface area contributed by atoms with Crippen molar-refractivity contribution in [3.05, 3.63) is 180 Å². The van der Waals surface area contributed by atoms with E-state index < -0.39 is 0 Å². The predicted molar refractivity (Wildman–Crippen MR) is 194 cm³/mol. The van der Waals surface area contributed by atoms with Crippen LogP contribution in [-0.4, -0.2) is 15.0 Å². The van der Waals surface area contributed by atoms with Gasteiger partial charge < -0.3 is 0 Å². The zero-order chi connectivity index (χ0) is 31.6. The molecule has 1 aliphatic rings. The van der Waals surface area contributed by atoms with Gasteiger partial charge in [0.05, 0.1) is 11.4 Å². The minimum atomic E-state index is 0.314. The Kier molecular flexibility index (Phi) is 7.56. The monoisotopic (exact) mass is 603 g/mol. The molecule has 1 unspecified atom stereocenters. The molecule has 0 radical (unpaired) electrons. The fourth-order valence-corrected chi connectivity index (χ4v) is 6.59. The lowest BCUT2D eigenvalue weighted by atomic mass is 9.80. The number of hydrogen-bond acceptors (Lipinski definition) is 3. The van der Waals surface area contributed by atoms with E-state index in [4.69, 9.17) is 9.97 Å². The van der Waals surface area contributed by atoms with Gasteiger partial charge in [-0.05, 0) is 71.0 Å². The summed E-state index contributed by atoms with van der Waals surface area (Å²) in [6, 6.07) is 51.3. The van der Waals surface area contributed by atoms with E-state index in [9.17, 15) is 0 Å². The Morgan fingerprint density at radius 3 is 2.00 bits per heavy atom. The molecule has 0 saturated carbocycles. The number of benzene rings is 5. The third-order valence-corrected chi connectivity index (χ3v) is 9.13. The van der Waals surface area contributed by atoms with Gasteiger partial charge in [-0.2, -0.15) is 0 Å². The van der Waals surface area contributed by atoms with Crippen LogP contribution in [0, 0.1) is 0 Å². The number of pyridine rings is 1. The molecule has 2 aromatic heterocycles. The highest BCUT2D eigenvalue weighted by molar-refractivity contribution is 5.77. The molecule has 0 N–H and O–H groups in total. The highest BCUT2D eigenvalue weighted by Gasteiger charge is 2.21. The van der Waals surface area contributed by atoms with E-state index >= 15 is 0 Å². The van der Waals surface area contributed by atoms with Crippen molar-refractivity contribution in [2.75, 3.05) is 0 Å². The zero-order valence-electron chi connectivity index (χ0n) is 26.2. The molecule has 7 aromatic rings. The predicted octanol–water partition coefficient (Wildman–Crippen LogP) is 10.9. The maximum Gasteiger partial charge on any atom is 0.160 e. The maximum atomic E-state index is 5.20. The van der Waals surface area contributed by atoms with Gasteiger partial charge in [-0.15, -0.1) is 0 Å². The highest BCUT2D eigenvalue weighted by atomic mass is 14.9. The molecule has 0 fully saturated rings. The summed E-state index contributed by atoms with van der Waals surface area (Å²) in [5, 5.41) is 0. The van der Waals surface area contributed by atoms with Crippen molar-refractivity contribution in [1.29, 1.82) is 0 Å². The molecule has 1 aliphatic carbocycles. The van der Waals surface area contributed by atoms with Crippen molar-refractivity contribution in [1.82, 2.24) is 15.0 Å². The molecule has 8 rings (SSSR count). The van der Waals surface area contributed by atoms with E-state index in [1.54, 1.807) is 6.20 Å². The minimum Gasteiger partial charge on any atom is -0.264 e. The summed E-state index contributed by atoms with van der Waals surface area (Å²) in [5.41, 5.74) is 14.8. The molecule has 0 spiro atoms. The summed E-state index contributed by atoms with van der Waals surface area (Å²) in [6.07, 6.45) is 7.02. The van der Waals surface area contributed by atoms with Crippen molar-refractivity contribution >= 4 is 6.08 Å². The number of rotatable bonds is 6. The first-order valence-corrected chi connectivity index (χ1v) is 16.1. The van der Waals surface area contributed by atoms with E-state index in [-0.39, 0.29) is 0 Å². The van der Waals surface area contributed by atoms with Crippen molar-refractivity contribution in [3.63, 3.8) is 0 Å². The fourth-order valence-electron chi connectivity index (χ4n) is 6.59. The van der Waals surface area contributed by atoms with Crippen molar-refractivity contribution in [2.24, 2.45) is 0 Å². The van der Waals surface area contributed by atoms with Crippen LogP contribution in [0.4, 0.5) is 0 Å². The molecule has 224 valence electrons. The third kappa shape index (κ3) is 5.92. The highest BCUT2D eigenvalue weighted by Crippen LogP contribution is 2.37. The normalized spacial score (nSPS) is 13.9. The van der Waals surface area contributed by atoms with Crippen LogP contribution < -0.4 is 0 Å². The van der Waals surface area contributed by atoms with Crippen LogP contribution in [0.5, 0.6) is 0 Å². The first kappa shape index (κ1) is 28.5. The Balaban J connectivity index is 1.22. The SMILES string of the molecule is CC1=Cc2ccccc2CC1c1cccc(-c2nc(-c3ccc(-c4ccccc4)cc3)cc(-c3cccc(-c4cccnc4)c3)n2)c1. The van der Waals surface area contributed by atoms with Crippen LogP contribution in [0.2, 0.25) is 0 Å². The van der Waals surface area contributed by atoms with Crippen LogP contribution >= 0.6 is 0 Å². The molecule has 0 saturated heterocycles. The van der Waals surface area contributed by atoms with Crippen LogP contribution in [0.1, 0.15) is 29.5 Å². The Bertz CT molecular complexity index is 2220. The molecule has 0 aliphatic heterocycles. The van der Waals surface area contributed by atoms with Crippen LogP contribution in [0.25, 0.3) is 62.2 Å². The summed E-state index contributed by atoms with van der Waals surface area (Å²) in [7, 11) is 0. The second kappa shape index (κ2) is 12.5. The second-order valence-corrected chi connectivity index (χ2v) is 12.2. The first-order chi connectivity index (χ1) is 23.2. The lowest BCUT2D eigenvalue weighted by Gasteiger charge is -2.25. The summed E-state index contributed by atoms with van der Waals surface area (Å²) in [4.78, 5) is 14.7. The summed E-state index contributed by atoms with van der Waals surface area (Å²) < 4.78 is 0. The van der Waals surface area contributed by atoms with Gasteiger partial charge in [0.15, 0.2) is 5.82 Å². The van der Waals surface area contributed by atoms with Crippen molar-refractivity contribution < 1.29 is 0 Å². The van der Waals surface area contributed by atoms with E-state index in [0.29, 0.717) is 5.92 Å². The molecule has 3 heteroatoms. The zero-order valence-corrected chi connectivity index (χ0v) is 26.2. The average Bonchev–Trinajstić information content (AvgIpc) is 3.15. The smallest absolute Gasteiger partial charge is 0.160 e. The van der Waals surface area contributed by atoms with Gasteiger partial charge in [0.2, 0.25) is 0 Å². The topological polar surface area (TPSA) is 38.7 Å². The van der Waals surface area contributed by atoms with Gasteiger partial charge >= 0.3 is 0 Å². The number of nitrogens with zero attached hydrogens (tertiary/aromatic N) is 3. The van der Waals surface area contributed by atoms with E-state index in [2.05, 4.69) is 151 Å². The van der Waals surface area contributed by atoms with Gasteiger partial charge in [0, 0.05) is 40.6 Å². The van der Waals surface area contributed by atoms with Crippen LogP contribution in [0.15, 0.2) is 164 Å². The Labute approximate surface area is 276 Å². The Hall–Kier alpha value is -5.93. The van der Waals surface area contributed by atoms with E-state index in [1.807, 2.05) is 18.3 Å². The molecule has 0 bridgehead atoms. The second-order valence-electron chi connectivity index (χ2n) is 12.2. The quantitative estimate of drug-likeness (QED) is 0.190. The molecule has 2 heterocycles. The van der Waals surface area contributed by atoms with Gasteiger partial charge in [-0.3, -0.25) is 4.98 Å². The Morgan fingerprint density at radius 1 is 0.511 bits per heavy atom. The molecule has 0 amide bonds. The van der Waals surface area contributed by atoms with Crippen LogP contribution in [0.3, 0.4) is 0 Å². The number of fused-ring (bicyclic) bond motifs is 1. The average molecular weight is 604 g/mol. The maximum absolute atomic E-state index is 5.20. The van der Waals surface area contributed by atoms with Crippen molar-refractivity contribution in [3.8, 4) is 56.2 Å². The van der Waals surface area contributed by atoms with Gasteiger partial charge in [0.25, 0.3) is 0 Å². The molecular formula is C44H33N3. The number of aromatic nitrogens is 3. The molecule has 47 heavy (non-hydrogen) atoms. The lowest BCUT2D eigenvalue weighted by molar-refractivity contribution is 0.778. The largest absolute Gasteiger partial charge is 0.264 e. The number of hydrogen-bond donors (Lipinski definition) is 0. The first-order valence-electron chi connectivity index (χ1n) is 16.1. The fraction of sp³-hybridized carbons (Fsp3) is 0.0682. The molecule has 5 aromatic carbocycles. The van der Waals surface area contributed by atoms with Gasteiger partial charge in [-0.25, -0.2) is 9.97 Å². The van der Waals surface area contributed by atoms with Gasteiger partial charge in [-0.1, -0.05) is 133 Å². The molecule has 1 atom stereocenters. The van der Waals surface area contributed by atoms with Crippen LogP contribution in [-0.2, 0) is 6.42 Å². The number of allylic oxidation sites excluding steroid dienone is 1.